The number of hydrogen-bond donors (Lipinski definition) is 0. The molecular weight excluding hydrogens is 234 g/mol. The first-order valence-corrected chi connectivity index (χ1v) is 7.20. The van der Waals surface area contributed by atoms with E-state index >= 15 is 0 Å². The molecule has 0 N–H and O–H groups in total. The third-order valence-corrected chi connectivity index (χ3v) is 4.51. The Kier molecular flexibility index (Phi) is 4.66. The van der Waals surface area contributed by atoms with Gasteiger partial charge in [0.1, 0.15) is 0 Å². The molecule has 0 bridgehead atoms. The fourth-order valence-corrected chi connectivity index (χ4v) is 3.56. The van der Waals surface area contributed by atoms with Crippen molar-refractivity contribution in [2.45, 2.75) is 37.9 Å². The Labute approximate surface area is 107 Å². The SMILES string of the molecule is CCCCOC(=O)CC1CC2CN=CC=C2S1. The Morgan fingerprint density at radius 1 is 1.65 bits per heavy atom. The normalized spacial score (nSPS) is 26.5. The fourth-order valence-electron chi connectivity index (χ4n) is 2.12. The van der Waals surface area contributed by atoms with Gasteiger partial charge in [0.05, 0.1) is 13.0 Å². The number of dihydropyridines is 1. The van der Waals surface area contributed by atoms with E-state index in [4.69, 9.17) is 4.74 Å². The Hall–Kier alpha value is -0.770. The van der Waals surface area contributed by atoms with Crippen LogP contribution < -0.4 is 0 Å². The van der Waals surface area contributed by atoms with Gasteiger partial charge in [-0.15, -0.1) is 11.8 Å². The number of fused-ring (bicyclic) bond motifs is 1. The van der Waals surface area contributed by atoms with Crippen molar-refractivity contribution in [1.29, 1.82) is 0 Å². The summed E-state index contributed by atoms with van der Waals surface area (Å²) < 4.78 is 5.19. The Morgan fingerprint density at radius 3 is 3.29 bits per heavy atom. The molecule has 0 aromatic rings. The zero-order valence-corrected chi connectivity index (χ0v) is 11.0. The van der Waals surface area contributed by atoms with Crippen molar-refractivity contribution in [1.82, 2.24) is 0 Å². The minimum Gasteiger partial charge on any atom is -0.466 e. The fraction of sp³-hybridized carbons (Fsp3) is 0.692. The molecule has 94 valence electrons. The predicted molar refractivity (Wildman–Crippen MR) is 71.4 cm³/mol. The van der Waals surface area contributed by atoms with Crippen LogP contribution >= 0.6 is 11.8 Å². The summed E-state index contributed by atoms with van der Waals surface area (Å²) >= 11 is 1.83. The van der Waals surface area contributed by atoms with Gasteiger partial charge in [0.2, 0.25) is 0 Å². The van der Waals surface area contributed by atoms with Gasteiger partial charge in [0.25, 0.3) is 0 Å². The minimum absolute atomic E-state index is 0.0453. The summed E-state index contributed by atoms with van der Waals surface area (Å²) in [4.78, 5) is 17.3. The maximum absolute atomic E-state index is 11.6. The maximum atomic E-state index is 11.6. The highest BCUT2D eigenvalue weighted by atomic mass is 32.2. The highest BCUT2D eigenvalue weighted by Crippen LogP contribution is 2.44. The second-order valence-corrected chi connectivity index (χ2v) is 5.91. The molecule has 0 aromatic heterocycles. The van der Waals surface area contributed by atoms with Crippen molar-refractivity contribution in [3.05, 3.63) is 11.0 Å². The molecular formula is C13H19NO2S. The van der Waals surface area contributed by atoms with E-state index in [2.05, 4.69) is 18.0 Å². The van der Waals surface area contributed by atoms with Crippen molar-refractivity contribution in [3.8, 4) is 0 Å². The maximum Gasteiger partial charge on any atom is 0.306 e. The molecule has 1 fully saturated rings. The highest BCUT2D eigenvalue weighted by Gasteiger charge is 2.32. The highest BCUT2D eigenvalue weighted by molar-refractivity contribution is 8.04. The topological polar surface area (TPSA) is 38.7 Å². The van der Waals surface area contributed by atoms with E-state index in [0.29, 0.717) is 24.2 Å². The lowest BCUT2D eigenvalue weighted by Crippen LogP contribution is -2.13. The number of thioether (sulfide) groups is 1. The van der Waals surface area contributed by atoms with Gasteiger partial charge in [0.15, 0.2) is 0 Å². The summed E-state index contributed by atoms with van der Waals surface area (Å²) in [5.41, 5.74) is 0. The van der Waals surface area contributed by atoms with Crippen molar-refractivity contribution in [2.24, 2.45) is 10.9 Å². The van der Waals surface area contributed by atoms with E-state index in [9.17, 15) is 4.79 Å². The smallest absolute Gasteiger partial charge is 0.306 e. The van der Waals surface area contributed by atoms with E-state index in [1.165, 1.54) is 4.91 Å². The number of esters is 1. The molecule has 17 heavy (non-hydrogen) atoms. The van der Waals surface area contributed by atoms with Gasteiger partial charge < -0.3 is 4.74 Å². The molecule has 2 aliphatic rings. The zero-order chi connectivity index (χ0) is 12.1. The van der Waals surface area contributed by atoms with Crippen LogP contribution in [0.1, 0.15) is 32.6 Å². The molecule has 1 saturated heterocycles. The van der Waals surface area contributed by atoms with Gasteiger partial charge in [-0.05, 0) is 23.8 Å². The third-order valence-electron chi connectivity index (χ3n) is 3.08. The number of aliphatic imine (C=N–C) groups is 1. The van der Waals surface area contributed by atoms with E-state index in [-0.39, 0.29) is 5.97 Å². The molecule has 0 saturated carbocycles. The summed E-state index contributed by atoms with van der Waals surface area (Å²) in [7, 11) is 0. The lowest BCUT2D eigenvalue weighted by molar-refractivity contribution is -0.143. The van der Waals surface area contributed by atoms with E-state index in [1.54, 1.807) is 0 Å². The van der Waals surface area contributed by atoms with Crippen LogP contribution in [0.2, 0.25) is 0 Å². The van der Waals surface area contributed by atoms with E-state index in [1.807, 2.05) is 18.0 Å². The first-order chi connectivity index (χ1) is 8.29. The molecule has 0 aromatic carbocycles. The van der Waals surface area contributed by atoms with E-state index < -0.39 is 0 Å². The summed E-state index contributed by atoms with van der Waals surface area (Å²) in [6.45, 7) is 3.56. The quantitative estimate of drug-likeness (QED) is 0.558. The molecule has 0 radical (unpaired) electrons. The minimum atomic E-state index is -0.0453. The molecule has 2 atom stereocenters. The molecule has 4 heteroatoms. The van der Waals surface area contributed by atoms with Gasteiger partial charge in [0, 0.05) is 23.9 Å². The third kappa shape index (κ3) is 3.60. The standard InChI is InChI=1S/C13H19NO2S/c1-2-3-6-16-13(15)8-11-7-10-9-14-5-4-12(10)17-11/h4-5,10-11H,2-3,6-9H2,1H3. The lowest BCUT2D eigenvalue weighted by Gasteiger charge is -2.09. The lowest BCUT2D eigenvalue weighted by atomic mass is 10.0. The van der Waals surface area contributed by atoms with Crippen LogP contribution in [-0.2, 0) is 9.53 Å². The van der Waals surface area contributed by atoms with Crippen molar-refractivity contribution >= 4 is 23.9 Å². The zero-order valence-electron chi connectivity index (χ0n) is 10.2. The van der Waals surface area contributed by atoms with Gasteiger partial charge in [-0.1, -0.05) is 13.3 Å². The van der Waals surface area contributed by atoms with E-state index in [0.717, 1.165) is 25.8 Å². The molecule has 0 amide bonds. The molecule has 2 rings (SSSR count). The Balaban J connectivity index is 1.72. The average Bonchev–Trinajstić information content (AvgIpc) is 2.71. The monoisotopic (exact) mass is 253 g/mol. The molecule has 2 unspecified atom stereocenters. The van der Waals surface area contributed by atoms with Crippen LogP contribution in [0.5, 0.6) is 0 Å². The van der Waals surface area contributed by atoms with Crippen molar-refractivity contribution in [3.63, 3.8) is 0 Å². The number of hydrogen-bond acceptors (Lipinski definition) is 4. The molecule has 2 heterocycles. The molecule has 0 spiro atoms. The largest absolute Gasteiger partial charge is 0.466 e. The summed E-state index contributed by atoms with van der Waals surface area (Å²) in [5.74, 6) is 0.509. The number of rotatable bonds is 5. The predicted octanol–water partition coefficient (Wildman–Crippen LogP) is 2.81. The van der Waals surface area contributed by atoms with Crippen LogP contribution in [0, 0.1) is 5.92 Å². The second kappa shape index (κ2) is 6.24. The summed E-state index contributed by atoms with van der Waals surface area (Å²) in [5, 5.41) is 0.391. The Morgan fingerprint density at radius 2 is 2.53 bits per heavy atom. The number of unbranched alkanes of at least 4 members (excludes halogenated alkanes) is 1. The molecule has 2 aliphatic heterocycles. The first kappa shape index (κ1) is 12.7. The number of ether oxygens (including phenoxy) is 1. The van der Waals surface area contributed by atoms with Gasteiger partial charge in [-0.2, -0.15) is 0 Å². The average molecular weight is 253 g/mol. The van der Waals surface area contributed by atoms with Gasteiger partial charge >= 0.3 is 5.97 Å². The van der Waals surface area contributed by atoms with Crippen LogP contribution in [0.3, 0.4) is 0 Å². The van der Waals surface area contributed by atoms with Crippen LogP contribution in [0.25, 0.3) is 0 Å². The molecule has 3 nitrogen and oxygen atoms in total. The molecule has 0 aliphatic carbocycles. The van der Waals surface area contributed by atoms with Crippen LogP contribution in [0.4, 0.5) is 0 Å². The summed E-state index contributed by atoms with van der Waals surface area (Å²) in [6.07, 6.45) is 7.60. The number of carbonyl (C=O) groups excluding carboxylic acids is 1. The first-order valence-electron chi connectivity index (χ1n) is 6.32. The second-order valence-electron chi connectivity index (χ2n) is 4.53. The van der Waals surface area contributed by atoms with Crippen LogP contribution in [-0.4, -0.2) is 30.6 Å². The van der Waals surface area contributed by atoms with Gasteiger partial charge in [-0.25, -0.2) is 0 Å². The number of carbonyl (C=O) groups is 1. The van der Waals surface area contributed by atoms with Gasteiger partial charge in [-0.3, -0.25) is 9.79 Å². The van der Waals surface area contributed by atoms with Crippen LogP contribution in [0.15, 0.2) is 16.0 Å². The van der Waals surface area contributed by atoms with Crippen molar-refractivity contribution < 1.29 is 9.53 Å². The number of nitrogens with zero attached hydrogens (tertiary/aromatic N) is 1. The number of allylic oxidation sites excluding steroid dienone is 1. The summed E-state index contributed by atoms with van der Waals surface area (Å²) in [6, 6.07) is 0. The van der Waals surface area contributed by atoms with Crippen molar-refractivity contribution in [2.75, 3.05) is 13.2 Å². The Bertz CT molecular complexity index is 338.